The molecule has 4 nitrogen and oxygen atoms in total. The van der Waals surface area contributed by atoms with Crippen LogP contribution in [0.3, 0.4) is 0 Å². The van der Waals surface area contributed by atoms with E-state index in [4.69, 9.17) is 21.3 Å². The Bertz CT molecular complexity index is 874. The molecule has 0 aromatic heterocycles. The van der Waals surface area contributed by atoms with Crippen LogP contribution in [0.25, 0.3) is 5.57 Å². The minimum Gasteiger partial charge on any atom is -0.469 e. The Morgan fingerprint density at radius 1 is 1.23 bits per heavy atom. The molecule has 0 atom stereocenters. The van der Waals surface area contributed by atoms with Crippen molar-refractivity contribution in [2.75, 3.05) is 7.11 Å². The minimum absolute atomic E-state index is 0.0363. The van der Waals surface area contributed by atoms with Gasteiger partial charge >= 0.3 is 5.97 Å². The van der Waals surface area contributed by atoms with Crippen molar-refractivity contribution in [1.82, 2.24) is 0 Å². The fourth-order valence-electron chi connectivity index (χ4n) is 3.93. The van der Waals surface area contributed by atoms with Crippen molar-refractivity contribution in [3.05, 3.63) is 64.9 Å². The van der Waals surface area contributed by atoms with E-state index in [2.05, 4.69) is 6.58 Å². The zero-order valence-electron chi connectivity index (χ0n) is 18.0. The summed E-state index contributed by atoms with van der Waals surface area (Å²) in [5.74, 6) is 0.470. The van der Waals surface area contributed by atoms with Crippen LogP contribution in [0.5, 0.6) is 0 Å². The summed E-state index contributed by atoms with van der Waals surface area (Å²) in [4.78, 5) is 28.1. The van der Waals surface area contributed by atoms with E-state index < -0.39 is 0 Å². The van der Waals surface area contributed by atoms with Gasteiger partial charge in [-0.2, -0.15) is 0 Å². The highest BCUT2D eigenvalue weighted by Gasteiger charge is 2.27. The van der Waals surface area contributed by atoms with Crippen LogP contribution >= 0.6 is 11.6 Å². The zero-order valence-corrected chi connectivity index (χ0v) is 18.7. The molecule has 0 aliphatic heterocycles. The molecule has 0 N–H and O–H groups in total. The number of aldehydes is 1. The third-order valence-corrected chi connectivity index (χ3v) is 5.91. The normalized spacial score (nSPS) is 20.9. The molecule has 5 heteroatoms. The van der Waals surface area contributed by atoms with Gasteiger partial charge in [-0.05, 0) is 69.6 Å². The molecule has 0 amide bonds. The van der Waals surface area contributed by atoms with Gasteiger partial charge in [0.05, 0.1) is 13.0 Å². The monoisotopic (exact) mass is 427 g/mol. The molecule has 1 aliphatic carbocycles. The highest BCUT2D eigenvalue weighted by molar-refractivity contribution is 6.33. The third-order valence-electron chi connectivity index (χ3n) is 5.58. The second-order valence-electron chi connectivity index (χ2n) is 7.73. The van der Waals surface area contributed by atoms with Gasteiger partial charge in [-0.25, -0.2) is 0 Å². The van der Waals surface area contributed by atoms with E-state index in [9.17, 15) is 9.59 Å². The summed E-state index contributed by atoms with van der Waals surface area (Å²) in [6.45, 7) is 7.82. The fourth-order valence-corrected chi connectivity index (χ4v) is 4.18. The Hall–Kier alpha value is -2.46. The first-order valence-electron chi connectivity index (χ1n) is 10.3. The van der Waals surface area contributed by atoms with Gasteiger partial charge in [0.25, 0.3) is 0 Å². The van der Waals surface area contributed by atoms with Crippen LogP contribution in [0.2, 0.25) is 5.02 Å². The number of rotatable bonds is 8. The first-order valence-corrected chi connectivity index (χ1v) is 10.6. The summed E-state index contributed by atoms with van der Waals surface area (Å²) >= 11 is 6.24. The number of hydrogen-bond donors (Lipinski definition) is 0. The Morgan fingerprint density at radius 2 is 1.90 bits per heavy atom. The standard InChI is InChI=1S/C25H30ClNO3/c1-5-20(15-22(16-28)23-8-6-7-9-24(23)26)18(3)27-17(2)14-19-10-12-21(13-11-19)25(29)30-4/h5-9,15-16,19,21H,1,10-14H2,2-4H3/b20-18+,22-15+,27-17?. The smallest absolute Gasteiger partial charge is 0.308 e. The average Bonchev–Trinajstić information content (AvgIpc) is 2.75. The molecular formula is C25H30ClNO3. The molecular weight excluding hydrogens is 398 g/mol. The fraction of sp³-hybridized carbons (Fsp3) is 0.400. The summed E-state index contributed by atoms with van der Waals surface area (Å²) in [5, 5.41) is 0.527. The maximum absolute atomic E-state index is 11.7. The van der Waals surface area contributed by atoms with Crippen LogP contribution in [-0.4, -0.2) is 25.1 Å². The Balaban J connectivity index is 2.13. The third kappa shape index (κ3) is 6.53. The first kappa shape index (κ1) is 23.8. The summed E-state index contributed by atoms with van der Waals surface area (Å²) in [7, 11) is 1.45. The molecule has 160 valence electrons. The molecule has 2 rings (SSSR count). The number of methoxy groups -OCH3 is 1. The molecule has 0 unspecified atom stereocenters. The van der Waals surface area contributed by atoms with E-state index in [-0.39, 0.29) is 11.9 Å². The lowest BCUT2D eigenvalue weighted by molar-refractivity contribution is -0.146. The molecule has 1 fully saturated rings. The number of esters is 1. The highest BCUT2D eigenvalue weighted by Crippen LogP contribution is 2.32. The lowest BCUT2D eigenvalue weighted by atomic mass is 9.80. The SMILES string of the molecule is C=CC(/C=C(\C=O)c1ccccc1Cl)=C(/C)N=C(C)CC1CCC(C(=O)OC)CC1. The molecule has 0 saturated heterocycles. The molecule has 0 radical (unpaired) electrons. The van der Waals surface area contributed by atoms with Crippen molar-refractivity contribution in [1.29, 1.82) is 0 Å². The van der Waals surface area contributed by atoms with Crippen molar-refractivity contribution in [2.24, 2.45) is 16.8 Å². The van der Waals surface area contributed by atoms with E-state index in [0.717, 1.165) is 55.4 Å². The van der Waals surface area contributed by atoms with E-state index in [1.165, 1.54) is 7.11 Å². The second-order valence-corrected chi connectivity index (χ2v) is 8.14. The molecule has 0 bridgehead atoms. The van der Waals surface area contributed by atoms with E-state index in [1.54, 1.807) is 18.2 Å². The van der Waals surface area contributed by atoms with Crippen molar-refractivity contribution in [2.45, 2.75) is 46.0 Å². The Labute approximate surface area is 184 Å². The van der Waals surface area contributed by atoms with Crippen LogP contribution in [0.4, 0.5) is 0 Å². The first-order chi connectivity index (χ1) is 14.4. The predicted octanol–water partition coefficient (Wildman–Crippen LogP) is 6.21. The van der Waals surface area contributed by atoms with Gasteiger partial charge in [-0.15, -0.1) is 0 Å². The van der Waals surface area contributed by atoms with Crippen LogP contribution < -0.4 is 0 Å². The highest BCUT2D eigenvalue weighted by atomic mass is 35.5. The second kappa shape index (κ2) is 11.7. The molecule has 1 aromatic rings. The number of aliphatic imine (C=N–C) groups is 1. The van der Waals surface area contributed by atoms with Crippen LogP contribution in [-0.2, 0) is 14.3 Å². The molecule has 30 heavy (non-hydrogen) atoms. The van der Waals surface area contributed by atoms with Gasteiger partial charge in [0.1, 0.15) is 0 Å². The maximum Gasteiger partial charge on any atom is 0.308 e. The molecule has 1 aromatic carbocycles. The number of hydrogen-bond acceptors (Lipinski definition) is 4. The lowest BCUT2D eigenvalue weighted by Crippen LogP contribution is -2.23. The van der Waals surface area contributed by atoms with Gasteiger partial charge in [-0.3, -0.25) is 14.6 Å². The van der Waals surface area contributed by atoms with Gasteiger partial charge in [0.2, 0.25) is 0 Å². The van der Waals surface area contributed by atoms with Gasteiger partial charge < -0.3 is 4.74 Å². The Morgan fingerprint density at radius 3 is 2.47 bits per heavy atom. The van der Waals surface area contributed by atoms with Crippen LogP contribution in [0, 0.1) is 11.8 Å². The molecule has 0 heterocycles. The largest absolute Gasteiger partial charge is 0.469 e. The molecule has 0 spiro atoms. The number of nitrogens with zero attached hydrogens (tertiary/aromatic N) is 1. The maximum atomic E-state index is 11.7. The van der Waals surface area contributed by atoms with E-state index in [1.807, 2.05) is 32.0 Å². The number of benzene rings is 1. The summed E-state index contributed by atoms with van der Waals surface area (Å²) in [6.07, 6.45) is 8.93. The predicted molar refractivity (Wildman–Crippen MR) is 124 cm³/mol. The van der Waals surface area contributed by atoms with E-state index >= 15 is 0 Å². The number of halogens is 1. The number of allylic oxidation sites excluding steroid dienone is 5. The average molecular weight is 428 g/mol. The minimum atomic E-state index is -0.0930. The molecule has 1 aliphatic rings. The number of carbonyl (C=O) groups excluding carboxylic acids is 2. The number of ether oxygens (including phenoxy) is 1. The van der Waals surface area contributed by atoms with Gasteiger partial charge in [0, 0.05) is 27.6 Å². The Kier molecular flexibility index (Phi) is 9.25. The van der Waals surface area contributed by atoms with Crippen LogP contribution in [0.15, 0.2) is 59.3 Å². The topological polar surface area (TPSA) is 55.7 Å². The lowest BCUT2D eigenvalue weighted by Gasteiger charge is -2.26. The number of carbonyl (C=O) groups is 2. The van der Waals surface area contributed by atoms with E-state index in [0.29, 0.717) is 22.1 Å². The summed E-state index contributed by atoms with van der Waals surface area (Å²) < 4.78 is 4.86. The van der Waals surface area contributed by atoms with Crippen molar-refractivity contribution in [3.8, 4) is 0 Å². The van der Waals surface area contributed by atoms with Crippen LogP contribution in [0.1, 0.15) is 51.5 Å². The van der Waals surface area contributed by atoms with Crippen molar-refractivity contribution in [3.63, 3.8) is 0 Å². The van der Waals surface area contributed by atoms with Gasteiger partial charge in [-0.1, -0.05) is 42.5 Å². The zero-order chi connectivity index (χ0) is 22.1. The summed E-state index contributed by atoms with van der Waals surface area (Å²) in [6, 6.07) is 7.25. The van der Waals surface area contributed by atoms with Crippen molar-refractivity contribution < 1.29 is 14.3 Å². The van der Waals surface area contributed by atoms with Gasteiger partial charge in [0.15, 0.2) is 6.29 Å². The summed E-state index contributed by atoms with van der Waals surface area (Å²) in [5.41, 5.74) is 3.79. The quantitative estimate of drug-likeness (QED) is 0.163. The van der Waals surface area contributed by atoms with Crippen molar-refractivity contribution >= 4 is 35.1 Å². The molecule has 1 saturated carbocycles.